The molecular weight excluding hydrogens is 340 g/mol. The smallest absolute Gasteiger partial charge is 0.0689 e. The van der Waals surface area contributed by atoms with Crippen LogP contribution < -0.4 is 10.4 Å². The first-order valence-electron chi connectivity index (χ1n) is 9.72. The third-order valence-electron chi connectivity index (χ3n) is 5.68. The van der Waals surface area contributed by atoms with E-state index in [9.17, 15) is 0 Å². The molecule has 0 nitrogen and oxygen atoms in total. The first-order valence-corrected chi connectivity index (χ1v) is 11.4. The molecule has 0 spiro atoms. The first-order chi connectivity index (χ1) is 13.1. The van der Waals surface area contributed by atoms with Gasteiger partial charge in [0.05, 0.1) is 0 Å². The Morgan fingerprint density at radius 3 is 1.81 bits per heavy atom. The number of hydrogen-bond acceptors (Lipinski definition) is 0. The molecule has 0 radical (unpaired) electrons. The van der Waals surface area contributed by atoms with Crippen LogP contribution in [0.1, 0.15) is 31.4 Å². The van der Waals surface area contributed by atoms with Crippen molar-refractivity contribution >= 4 is 24.7 Å². The van der Waals surface area contributed by atoms with Crippen LogP contribution in [-0.2, 0) is 0 Å². The molecule has 0 saturated heterocycles. The average molecular weight is 367 g/mol. The topological polar surface area (TPSA) is 0 Å². The summed E-state index contributed by atoms with van der Waals surface area (Å²) >= 11 is 0. The minimum atomic E-state index is -1.47. The van der Waals surface area contributed by atoms with Gasteiger partial charge in [0, 0.05) is 0 Å². The second kappa shape index (κ2) is 7.54. The van der Waals surface area contributed by atoms with Gasteiger partial charge in [-0.25, -0.2) is 0 Å². The van der Waals surface area contributed by atoms with Crippen molar-refractivity contribution in [3.05, 3.63) is 112 Å². The number of allylic oxidation sites excluding steroid dienone is 4. The van der Waals surface area contributed by atoms with Crippen LogP contribution in [0.25, 0.3) is 5.57 Å². The van der Waals surface area contributed by atoms with Crippen molar-refractivity contribution < 1.29 is 0 Å². The average Bonchev–Trinajstić information content (AvgIpc) is 2.99. The van der Waals surface area contributed by atoms with E-state index in [2.05, 4.69) is 106 Å². The van der Waals surface area contributed by atoms with Crippen molar-refractivity contribution in [3.63, 3.8) is 0 Å². The van der Waals surface area contributed by atoms with Crippen LogP contribution in [-0.4, -0.2) is 8.80 Å². The lowest BCUT2D eigenvalue weighted by Gasteiger charge is -2.21. The lowest BCUT2D eigenvalue weighted by molar-refractivity contribution is 1.25. The molecule has 1 aliphatic carbocycles. The summed E-state index contributed by atoms with van der Waals surface area (Å²) in [4.78, 5) is 0. The Labute approximate surface area is 164 Å². The molecule has 0 saturated carbocycles. The molecule has 0 unspecified atom stereocenters. The van der Waals surface area contributed by atoms with Crippen LogP contribution in [0.5, 0.6) is 0 Å². The molecule has 0 heterocycles. The van der Waals surface area contributed by atoms with Gasteiger partial charge in [0.1, 0.15) is 8.80 Å². The summed E-state index contributed by atoms with van der Waals surface area (Å²) < 4.78 is 0. The maximum atomic E-state index is 2.34. The molecule has 0 amide bonds. The number of benzene rings is 3. The van der Waals surface area contributed by atoms with Crippen molar-refractivity contribution in [1.82, 2.24) is 0 Å². The highest BCUT2D eigenvalue weighted by Crippen LogP contribution is 2.39. The highest BCUT2D eigenvalue weighted by molar-refractivity contribution is 6.91. The van der Waals surface area contributed by atoms with Gasteiger partial charge in [0.25, 0.3) is 0 Å². The minimum absolute atomic E-state index is 1.08. The summed E-state index contributed by atoms with van der Waals surface area (Å²) in [5, 5.41) is 4.63. The van der Waals surface area contributed by atoms with Gasteiger partial charge in [-0.05, 0) is 43.9 Å². The van der Waals surface area contributed by atoms with Gasteiger partial charge in [-0.1, -0.05) is 112 Å². The summed E-state index contributed by atoms with van der Waals surface area (Å²) in [5.74, 6) is 0. The van der Waals surface area contributed by atoms with Crippen LogP contribution in [0.4, 0.5) is 0 Å². The Morgan fingerprint density at radius 1 is 0.667 bits per heavy atom. The predicted molar refractivity (Wildman–Crippen MR) is 120 cm³/mol. The second-order valence-electron chi connectivity index (χ2n) is 7.60. The van der Waals surface area contributed by atoms with E-state index in [0.29, 0.717) is 0 Å². The third-order valence-corrected chi connectivity index (χ3v) is 9.29. The molecule has 4 rings (SSSR count). The molecule has 0 fully saturated rings. The molecule has 27 heavy (non-hydrogen) atoms. The summed E-state index contributed by atoms with van der Waals surface area (Å²) in [7, 11) is -1.47. The highest BCUT2D eigenvalue weighted by Gasteiger charge is 2.29. The zero-order chi connectivity index (χ0) is 18.8. The van der Waals surface area contributed by atoms with Crippen molar-refractivity contribution in [2.75, 3.05) is 0 Å². The molecule has 134 valence electrons. The Kier molecular flexibility index (Phi) is 4.96. The van der Waals surface area contributed by atoms with Crippen molar-refractivity contribution in [3.8, 4) is 0 Å². The number of aryl methyl sites for hydroxylation is 1. The standard InChI is InChI=1S/C26H26Si/c1-19-11-10-12-22(17-19)25-18-20(2)26(21(25)3)27(23-13-6-4-7-14-23)24-15-8-5-9-16-24/h4-17,27H,18H2,1-3H3. The number of hydrogen-bond donors (Lipinski definition) is 0. The monoisotopic (exact) mass is 366 g/mol. The van der Waals surface area contributed by atoms with Crippen LogP contribution >= 0.6 is 0 Å². The molecule has 0 bridgehead atoms. The Balaban J connectivity index is 1.86. The van der Waals surface area contributed by atoms with Gasteiger partial charge >= 0.3 is 0 Å². The van der Waals surface area contributed by atoms with Gasteiger partial charge in [-0.15, -0.1) is 0 Å². The van der Waals surface area contributed by atoms with Gasteiger partial charge in [-0.3, -0.25) is 0 Å². The molecule has 0 aromatic heterocycles. The molecule has 3 aromatic rings. The fraction of sp³-hybridized carbons (Fsp3) is 0.154. The highest BCUT2D eigenvalue weighted by atomic mass is 28.3. The molecule has 1 aliphatic rings. The Bertz CT molecular complexity index is 971. The molecule has 0 atom stereocenters. The summed E-state index contributed by atoms with van der Waals surface area (Å²) in [6.45, 7) is 6.87. The SMILES string of the molecule is CC1=C([SiH](c2ccccc2)c2ccccc2)C(C)=C(c2cccc(C)c2)C1. The van der Waals surface area contributed by atoms with Crippen molar-refractivity contribution in [2.45, 2.75) is 27.2 Å². The van der Waals surface area contributed by atoms with E-state index < -0.39 is 8.80 Å². The first kappa shape index (κ1) is 17.8. The van der Waals surface area contributed by atoms with E-state index in [1.807, 2.05) is 0 Å². The summed E-state index contributed by atoms with van der Waals surface area (Å²) in [6, 6.07) is 31.2. The minimum Gasteiger partial charge on any atom is -0.0689 e. The van der Waals surface area contributed by atoms with Crippen LogP contribution in [0, 0.1) is 6.92 Å². The molecule has 3 aromatic carbocycles. The summed E-state index contributed by atoms with van der Waals surface area (Å²) in [6.07, 6.45) is 1.08. The molecule has 1 heteroatoms. The predicted octanol–water partition coefficient (Wildman–Crippen LogP) is 5.07. The fourth-order valence-corrected chi connectivity index (χ4v) is 7.87. The zero-order valence-corrected chi connectivity index (χ0v) is 17.5. The molecule has 0 N–H and O–H groups in total. The van der Waals surface area contributed by atoms with Gasteiger partial charge < -0.3 is 0 Å². The fourth-order valence-electron chi connectivity index (χ4n) is 4.41. The van der Waals surface area contributed by atoms with Gasteiger partial charge in [-0.2, -0.15) is 0 Å². The Hall–Kier alpha value is -2.64. The normalized spacial score (nSPS) is 14.4. The maximum absolute atomic E-state index is 2.34. The van der Waals surface area contributed by atoms with E-state index in [4.69, 9.17) is 0 Å². The lowest BCUT2D eigenvalue weighted by atomic mass is 9.99. The molecule has 0 aliphatic heterocycles. The van der Waals surface area contributed by atoms with E-state index in [1.54, 1.807) is 10.8 Å². The van der Waals surface area contributed by atoms with Gasteiger partial charge in [0.15, 0.2) is 0 Å². The van der Waals surface area contributed by atoms with E-state index in [-0.39, 0.29) is 0 Å². The van der Waals surface area contributed by atoms with Gasteiger partial charge in [0.2, 0.25) is 0 Å². The number of rotatable bonds is 4. The zero-order valence-electron chi connectivity index (χ0n) is 16.4. The molecular formula is C26H26Si. The van der Waals surface area contributed by atoms with E-state index >= 15 is 0 Å². The van der Waals surface area contributed by atoms with Crippen LogP contribution in [0.2, 0.25) is 0 Å². The second-order valence-corrected chi connectivity index (χ2v) is 10.4. The van der Waals surface area contributed by atoms with Crippen LogP contribution in [0.15, 0.2) is 101 Å². The van der Waals surface area contributed by atoms with E-state index in [0.717, 1.165) is 6.42 Å². The third kappa shape index (κ3) is 3.48. The largest absolute Gasteiger partial charge is 0.133 e. The Morgan fingerprint density at radius 2 is 1.26 bits per heavy atom. The van der Waals surface area contributed by atoms with E-state index in [1.165, 1.54) is 32.6 Å². The van der Waals surface area contributed by atoms with Crippen molar-refractivity contribution in [1.29, 1.82) is 0 Å². The van der Waals surface area contributed by atoms with Crippen molar-refractivity contribution in [2.24, 2.45) is 0 Å². The maximum Gasteiger partial charge on any atom is 0.133 e. The lowest BCUT2D eigenvalue weighted by Crippen LogP contribution is -2.44. The summed E-state index contributed by atoms with van der Waals surface area (Å²) in [5.41, 5.74) is 7.28. The van der Waals surface area contributed by atoms with Crippen LogP contribution in [0.3, 0.4) is 0 Å². The quantitative estimate of drug-likeness (QED) is 0.566.